The fraction of sp³-hybridized carbons (Fsp3) is 0.462. The van der Waals surface area contributed by atoms with Crippen LogP contribution in [0.3, 0.4) is 0 Å². The average molecular weight is 285 g/mol. The van der Waals surface area contributed by atoms with E-state index in [0.29, 0.717) is 13.0 Å². The Bertz CT molecular complexity index is 467. The molecule has 0 aliphatic carbocycles. The monoisotopic (exact) mass is 284 g/mol. The third-order valence-electron chi connectivity index (χ3n) is 3.07. The minimum atomic E-state index is -0.578. The highest BCUT2D eigenvalue weighted by atomic mass is 35.5. The van der Waals surface area contributed by atoms with Crippen molar-refractivity contribution in [3.8, 4) is 0 Å². The molecule has 0 saturated carbocycles. The molecule has 0 bridgehead atoms. The van der Waals surface area contributed by atoms with Gasteiger partial charge < -0.3 is 20.5 Å². The van der Waals surface area contributed by atoms with Crippen molar-refractivity contribution < 1.29 is 14.6 Å². The molecule has 0 spiro atoms. The lowest BCUT2D eigenvalue weighted by atomic mass is 10.1. The van der Waals surface area contributed by atoms with Gasteiger partial charge in [-0.25, -0.2) is 4.79 Å². The third-order valence-corrected chi connectivity index (χ3v) is 3.43. The highest BCUT2D eigenvalue weighted by Gasteiger charge is 2.27. The second-order valence-corrected chi connectivity index (χ2v) is 4.79. The Morgan fingerprint density at radius 1 is 1.68 bits per heavy atom. The Hall–Kier alpha value is -1.46. The van der Waals surface area contributed by atoms with Crippen LogP contribution in [0.2, 0.25) is 0 Å². The van der Waals surface area contributed by atoms with E-state index in [1.165, 1.54) is 7.11 Å². The minimum absolute atomic E-state index is 0.195. The molecule has 19 heavy (non-hydrogen) atoms. The summed E-state index contributed by atoms with van der Waals surface area (Å²) in [6.45, 7) is 0.392. The molecule has 1 aromatic carbocycles. The van der Waals surface area contributed by atoms with Crippen LogP contribution in [0.15, 0.2) is 18.2 Å². The molecular weight excluding hydrogens is 268 g/mol. The average Bonchev–Trinajstić information content (AvgIpc) is 2.86. The molecule has 0 amide bonds. The summed E-state index contributed by atoms with van der Waals surface area (Å²) >= 11 is 5.53. The van der Waals surface area contributed by atoms with E-state index >= 15 is 0 Å². The van der Waals surface area contributed by atoms with Crippen molar-refractivity contribution in [2.24, 2.45) is 0 Å². The maximum Gasteiger partial charge on any atom is 0.328 e. The van der Waals surface area contributed by atoms with Crippen LogP contribution < -0.4 is 10.6 Å². The van der Waals surface area contributed by atoms with E-state index in [0.717, 1.165) is 16.9 Å². The van der Waals surface area contributed by atoms with Gasteiger partial charge in [-0.2, -0.15) is 0 Å². The first kappa shape index (κ1) is 14.0. The number of esters is 1. The number of aliphatic hydroxyl groups is 1. The van der Waals surface area contributed by atoms with Gasteiger partial charge in [-0.3, -0.25) is 0 Å². The quantitative estimate of drug-likeness (QED) is 0.560. The number of benzene rings is 1. The predicted molar refractivity (Wildman–Crippen MR) is 74.8 cm³/mol. The van der Waals surface area contributed by atoms with Crippen LogP contribution in [0.25, 0.3) is 0 Å². The van der Waals surface area contributed by atoms with Crippen LogP contribution in [0.5, 0.6) is 0 Å². The number of anilines is 2. The summed E-state index contributed by atoms with van der Waals surface area (Å²) in [6, 6.07) is 5.48. The SMILES string of the molecule is COC(=O)C1Cc2ccc(NCC(O)CCl)cc2N1. The number of methoxy groups -OCH3 is 1. The maximum absolute atomic E-state index is 11.5. The topological polar surface area (TPSA) is 70.6 Å². The molecule has 2 unspecified atom stereocenters. The van der Waals surface area contributed by atoms with E-state index in [2.05, 4.69) is 10.6 Å². The molecule has 1 aromatic rings. The van der Waals surface area contributed by atoms with Gasteiger partial charge in [-0.15, -0.1) is 11.6 Å². The zero-order valence-corrected chi connectivity index (χ0v) is 11.4. The van der Waals surface area contributed by atoms with Crippen molar-refractivity contribution in [2.75, 3.05) is 30.2 Å². The normalized spacial score (nSPS) is 18.4. The van der Waals surface area contributed by atoms with Gasteiger partial charge in [-0.1, -0.05) is 6.07 Å². The number of ether oxygens (including phenoxy) is 1. The molecule has 1 aliphatic heterocycles. The number of hydrogen-bond acceptors (Lipinski definition) is 5. The molecular formula is C13H17ClN2O3. The van der Waals surface area contributed by atoms with Crippen LogP contribution >= 0.6 is 11.6 Å². The fourth-order valence-electron chi connectivity index (χ4n) is 2.03. The van der Waals surface area contributed by atoms with Gasteiger partial charge in [0.25, 0.3) is 0 Å². The lowest BCUT2D eigenvalue weighted by Crippen LogP contribution is -2.27. The highest BCUT2D eigenvalue weighted by Crippen LogP contribution is 2.29. The van der Waals surface area contributed by atoms with Gasteiger partial charge in [0.15, 0.2) is 0 Å². The van der Waals surface area contributed by atoms with E-state index in [1.807, 2.05) is 18.2 Å². The Labute approximate surface area is 116 Å². The number of halogens is 1. The molecule has 2 rings (SSSR count). The number of hydrogen-bond donors (Lipinski definition) is 3. The van der Waals surface area contributed by atoms with Gasteiger partial charge in [0.05, 0.1) is 19.1 Å². The zero-order chi connectivity index (χ0) is 13.8. The van der Waals surface area contributed by atoms with Gasteiger partial charge in [0.1, 0.15) is 6.04 Å². The number of carbonyl (C=O) groups is 1. The first-order valence-electron chi connectivity index (χ1n) is 6.09. The van der Waals surface area contributed by atoms with E-state index < -0.39 is 6.10 Å². The third kappa shape index (κ3) is 3.30. The van der Waals surface area contributed by atoms with Crippen LogP contribution in [0.1, 0.15) is 5.56 Å². The fourth-order valence-corrected chi connectivity index (χ4v) is 2.14. The van der Waals surface area contributed by atoms with E-state index in [9.17, 15) is 9.90 Å². The summed E-state index contributed by atoms with van der Waals surface area (Å²) in [5.74, 6) is -0.0658. The van der Waals surface area contributed by atoms with Crippen molar-refractivity contribution >= 4 is 28.9 Å². The molecule has 1 aliphatic rings. The number of nitrogens with one attached hydrogen (secondary N) is 2. The summed E-state index contributed by atoms with van der Waals surface area (Å²) in [5, 5.41) is 15.6. The summed E-state index contributed by atoms with van der Waals surface area (Å²) in [7, 11) is 1.38. The summed E-state index contributed by atoms with van der Waals surface area (Å²) in [6.07, 6.45) is 0.0535. The molecule has 104 valence electrons. The smallest absolute Gasteiger partial charge is 0.328 e. The molecule has 0 aromatic heterocycles. The first-order chi connectivity index (χ1) is 9.13. The Balaban J connectivity index is 2.00. The maximum atomic E-state index is 11.5. The predicted octanol–water partition coefficient (Wildman–Crippen LogP) is 1.21. The van der Waals surface area contributed by atoms with Crippen molar-refractivity contribution in [2.45, 2.75) is 18.6 Å². The Morgan fingerprint density at radius 3 is 3.16 bits per heavy atom. The van der Waals surface area contributed by atoms with E-state index in [4.69, 9.17) is 16.3 Å². The van der Waals surface area contributed by atoms with Crippen LogP contribution in [0.4, 0.5) is 11.4 Å². The van der Waals surface area contributed by atoms with Gasteiger partial charge >= 0.3 is 5.97 Å². The molecule has 5 nitrogen and oxygen atoms in total. The van der Waals surface area contributed by atoms with Crippen molar-refractivity contribution in [3.63, 3.8) is 0 Å². The summed E-state index contributed by atoms with van der Waals surface area (Å²) < 4.78 is 4.72. The molecule has 3 N–H and O–H groups in total. The second kappa shape index (κ2) is 6.12. The molecule has 0 radical (unpaired) electrons. The van der Waals surface area contributed by atoms with Gasteiger partial charge in [0.2, 0.25) is 0 Å². The highest BCUT2D eigenvalue weighted by molar-refractivity contribution is 6.18. The standard InChI is InChI=1S/C13H17ClN2O3/c1-19-13(18)12-4-8-2-3-9(5-11(8)16-12)15-7-10(17)6-14/h2-3,5,10,12,15-17H,4,6-7H2,1H3. The van der Waals surface area contributed by atoms with E-state index in [-0.39, 0.29) is 17.9 Å². The molecule has 2 atom stereocenters. The number of aliphatic hydroxyl groups excluding tert-OH is 1. The van der Waals surface area contributed by atoms with Crippen molar-refractivity contribution in [1.29, 1.82) is 0 Å². The molecule has 0 fully saturated rings. The number of alkyl halides is 1. The lowest BCUT2D eigenvalue weighted by molar-refractivity contribution is -0.141. The van der Waals surface area contributed by atoms with Gasteiger partial charge in [0, 0.05) is 24.3 Å². The number of rotatable bonds is 5. The largest absolute Gasteiger partial charge is 0.467 e. The summed E-state index contributed by atoms with van der Waals surface area (Å²) in [4.78, 5) is 11.5. The van der Waals surface area contributed by atoms with Gasteiger partial charge in [-0.05, 0) is 17.7 Å². The van der Waals surface area contributed by atoms with Crippen molar-refractivity contribution in [1.82, 2.24) is 0 Å². The van der Waals surface area contributed by atoms with Crippen LogP contribution in [-0.2, 0) is 16.0 Å². The summed E-state index contributed by atoms with van der Waals surface area (Å²) in [5.41, 5.74) is 2.88. The Kier molecular flexibility index (Phi) is 4.50. The Morgan fingerprint density at radius 2 is 2.47 bits per heavy atom. The van der Waals surface area contributed by atoms with Crippen LogP contribution in [0, 0.1) is 0 Å². The minimum Gasteiger partial charge on any atom is -0.467 e. The first-order valence-corrected chi connectivity index (χ1v) is 6.62. The molecule has 6 heteroatoms. The lowest BCUT2D eigenvalue weighted by Gasteiger charge is -2.11. The molecule has 1 heterocycles. The molecule has 0 saturated heterocycles. The van der Waals surface area contributed by atoms with Crippen LogP contribution in [-0.4, -0.2) is 42.8 Å². The zero-order valence-electron chi connectivity index (χ0n) is 10.6. The second-order valence-electron chi connectivity index (χ2n) is 4.49. The number of fused-ring (bicyclic) bond motifs is 1. The van der Waals surface area contributed by atoms with Crippen molar-refractivity contribution in [3.05, 3.63) is 23.8 Å². The number of carbonyl (C=O) groups excluding carboxylic acids is 1. The van der Waals surface area contributed by atoms with E-state index in [1.54, 1.807) is 0 Å².